The predicted molar refractivity (Wildman–Crippen MR) is 144 cm³/mol. The average molecular weight is 536 g/mol. The summed E-state index contributed by atoms with van der Waals surface area (Å²) in [6, 6.07) is 11.6. The Bertz CT molecular complexity index is 1020. The number of fused-ring (bicyclic) bond motifs is 3. The van der Waals surface area contributed by atoms with Crippen LogP contribution >= 0.6 is 15.9 Å². The fourth-order valence-electron chi connectivity index (χ4n) is 3.09. The molecular weight excluding hydrogens is 496 g/mol. The maximum Gasteiger partial charge on any atom is 0.246 e. The van der Waals surface area contributed by atoms with Gasteiger partial charge < -0.3 is 19.3 Å². The molecule has 7 heteroatoms. The fourth-order valence-corrected chi connectivity index (χ4v) is 3.49. The Labute approximate surface area is 212 Å². The Morgan fingerprint density at radius 2 is 1.62 bits per heavy atom. The van der Waals surface area contributed by atoms with Crippen LogP contribution < -0.4 is 14.2 Å². The number of aromatic nitrogens is 2. The highest BCUT2D eigenvalue weighted by Crippen LogP contribution is 2.44. The smallest absolute Gasteiger partial charge is 0.246 e. The van der Waals surface area contributed by atoms with Crippen LogP contribution in [0.15, 0.2) is 40.9 Å². The zero-order valence-corrected chi connectivity index (χ0v) is 23.3. The summed E-state index contributed by atoms with van der Waals surface area (Å²) in [5.41, 5.74) is 2.97. The van der Waals surface area contributed by atoms with Crippen molar-refractivity contribution in [3.63, 3.8) is 0 Å². The number of methoxy groups -OCH3 is 1. The summed E-state index contributed by atoms with van der Waals surface area (Å²) in [6.45, 7) is 12.4. The predicted octanol–water partition coefficient (Wildman–Crippen LogP) is 7.80. The Morgan fingerprint density at radius 1 is 0.971 bits per heavy atom. The topological polar surface area (TPSA) is 73.7 Å². The Morgan fingerprint density at radius 3 is 2.15 bits per heavy atom. The zero-order chi connectivity index (χ0) is 25.7. The second-order valence-electron chi connectivity index (χ2n) is 8.02. The molecule has 1 aromatic heterocycles. The van der Waals surface area contributed by atoms with Crippen LogP contribution in [0.25, 0.3) is 22.3 Å². The summed E-state index contributed by atoms with van der Waals surface area (Å²) >= 11 is 3.48. The van der Waals surface area contributed by atoms with E-state index >= 15 is 0 Å². The SMILES string of the molecule is CCC.CCCCC.CO.COc1nc2c3c(ccc2nc1-c1cccc(Br)c1)OC(C)(C)O3. The van der Waals surface area contributed by atoms with E-state index in [1.807, 2.05) is 50.2 Å². The minimum Gasteiger partial charge on any atom is -0.479 e. The van der Waals surface area contributed by atoms with E-state index in [2.05, 4.69) is 48.6 Å². The second kappa shape index (κ2) is 14.8. The molecule has 0 radical (unpaired) electrons. The summed E-state index contributed by atoms with van der Waals surface area (Å²) in [7, 11) is 2.59. The minimum atomic E-state index is -0.714. The second-order valence-corrected chi connectivity index (χ2v) is 8.93. The minimum absolute atomic E-state index is 0.447. The van der Waals surface area contributed by atoms with Gasteiger partial charge in [0.05, 0.1) is 12.6 Å². The molecule has 188 valence electrons. The van der Waals surface area contributed by atoms with Crippen molar-refractivity contribution in [2.45, 2.75) is 73.0 Å². The van der Waals surface area contributed by atoms with E-state index in [1.54, 1.807) is 7.11 Å². The van der Waals surface area contributed by atoms with Crippen molar-refractivity contribution in [1.82, 2.24) is 9.97 Å². The highest BCUT2D eigenvalue weighted by atomic mass is 79.9. The van der Waals surface area contributed by atoms with Gasteiger partial charge in [0.25, 0.3) is 0 Å². The number of halogens is 1. The van der Waals surface area contributed by atoms with Crippen LogP contribution in [0.4, 0.5) is 0 Å². The highest BCUT2D eigenvalue weighted by Gasteiger charge is 2.34. The van der Waals surface area contributed by atoms with Gasteiger partial charge in [0.2, 0.25) is 11.7 Å². The third-order valence-electron chi connectivity index (χ3n) is 4.42. The van der Waals surface area contributed by atoms with Gasteiger partial charge in [-0.3, -0.25) is 0 Å². The van der Waals surface area contributed by atoms with Crippen molar-refractivity contribution in [3.8, 4) is 28.6 Å². The van der Waals surface area contributed by atoms with E-state index in [1.165, 1.54) is 25.7 Å². The van der Waals surface area contributed by atoms with Gasteiger partial charge in [-0.15, -0.1) is 0 Å². The molecule has 1 aliphatic heterocycles. The van der Waals surface area contributed by atoms with Crippen molar-refractivity contribution >= 4 is 27.0 Å². The normalized spacial score (nSPS) is 12.4. The van der Waals surface area contributed by atoms with Crippen molar-refractivity contribution < 1.29 is 19.3 Å². The van der Waals surface area contributed by atoms with Crippen LogP contribution in [0.2, 0.25) is 0 Å². The molecule has 0 atom stereocenters. The summed E-state index contributed by atoms with van der Waals surface area (Å²) in [5.74, 6) is 1.000. The van der Waals surface area contributed by atoms with Crippen LogP contribution in [-0.2, 0) is 0 Å². The molecule has 0 unspecified atom stereocenters. The molecule has 3 aromatic rings. The van der Waals surface area contributed by atoms with Gasteiger partial charge >= 0.3 is 0 Å². The number of benzene rings is 2. The maximum absolute atomic E-state index is 7.00. The van der Waals surface area contributed by atoms with Crippen molar-refractivity contribution in [2.24, 2.45) is 0 Å². The van der Waals surface area contributed by atoms with Crippen molar-refractivity contribution in [2.75, 3.05) is 14.2 Å². The number of unbranched alkanes of at least 4 members (excludes halogenated alkanes) is 2. The Kier molecular flexibility index (Phi) is 12.9. The van der Waals surface area contributed by atoms with Gasteiger partial charge in [0.1, 0.15) is 11.2 Å². The van der Waals surface area contributed by atoms with Crippen LogP contribution in [-0.4, -0.2) is 35.1 Å². The highest BCUT2D eigenvalue weighted by molar-refractivity contribution is 9.10. The number of nitrogens with zero attached hydrogens (tertiary/aromatic N) is 2. The lowest BCUT2D eigenvalue weighted by Crippen LogP contribution is -2.29. The zero-order valence-electron chi connectivity index (χ0n) is 21.7. The molecule has 1 N–H and O–H groups in total. The first-order valence-electron chi connectivity index (χ1n) is 11.8. The molecule has 1 aliphatic rings. The Balaban J connectivity index is 0.000000499. The third-order valence-corrected chi connectivity index (χ3v) is 4.92. The van der Waals surface area contributed by atoms with Crippen molar-refractivity contribution in [3.05, 3.63) is 40.9 Å². The third kappa shape index (κ3) is 8.13. The number of hydrogen-bond acceptors (Lipinski definition) is 6. The first-order valence-corrected chi connectivity index (χ1v) is 12.6. The molecule has 2 heterocycles. The molecule has 6 nitrogen and oxygen atoms in total. The number of hydrogen-bond donors (Lipinski definition) is 1. The lowest BCUT2D eigenvalue weighted by atomic mass is 10.1. The number of aliphatic hydroxyl groups is 1. The largest absolute Gasteiger partial charge is 0.479 e. The van der Waals surface area contributed by atoms with E-state index in [9.17, 15) is 0 Å². The number of rotatable bonds is 4. The first kappa shape index (κ1) is 29.7. The van der Waals surface area contributed by atoms with E-state index in [4.69, 9.17) is 24.3 Å². The quantitative estimate of drug-likeness (QED) is 0.368. The summed E-state index contributed by atoms with van der Waals surface area (Å²) in [6.07, 6.45) is 5.33. The van der Waals surface area contributed by atoms with Gasteiger partial charge in [-0.2, -0.15) is 0 Å². The number of aliphatic hydroxyl groups excluding tert-OH is 1. The maximum atomic E-state index is 7.00. The first-order chi connectivity index (χ1) is 16.3. The molecule has 0 saturated heterocycles. The molecule has 34 heavy (non-hydrogen) atoms. The lowest BCUT2D eigenvalue weighted by Gasteiger charge is -2.16. The van der Waals surface area contributed by atoms with Gasteiger partial charge in [-0.25, -0.2) is 9.97 Å². The summed E-state index contributed by atoms with van der Waals surface area (Å²) < 4.78 is 18.1. The van der Waals surface area contributed by atoms with Crippen LogP contribution in [0.5, 0.6) is 17.4 Å². The van der Waals surface area contributed by atoms with Crippen molar-refractivity contribution in [1.29, 1.82) is 0 Å². The van der Waals surface area contributed by atoms with Gasteiger partial charge in [0, 0.05) is 31.0 Å². The molecular formula is C27H39BrN2O4. The van der Waals surface area contributed by atoms with Gasteiger partial charge in [0.15, 0.2) is 11.5 Å². The molecule has 0 bridgehead atoms. The fraction of sp³-hybridized carbons (Fsp3) is 0.481. The monoisotopic (exact) mass is 534 g/mol. The van der Waals surface area contributed by atoms with Gasteiger partial charge in [-0.05, 0) is 24.3 Å². The van der Waals surface area contributed by atoms with Gasteiger partial charge in [-0.1, -0.05) is 81.4 Å². The molecule has 0 fully saturated rings. The molecule has 0 saturated carbocycles. The molecule has 4 rings (SSSR count). The molecule has 0 amide bonds. The van der Waals surface area contributed by atoms with E-state index in [0.717, 1.165) is 22.7 Å². The van der Waals surface area contributed by atoms with E-state index in [0.29, 0.717) is 28.6 Å². The standard InChI is InChI=1S/C18H15BrN2O3.C5H12.C3H8.CH4O/c1-18(2)23-13-8-7-12-15(16(13)24-18)21-17(22-3)14(20-12)10-5-4-6-11(19)9-10;1-3-5-4-2;1-3-2;1-2/h4-9H,1-3H3;3-5H2,1-2H3;3H2,1-2H3;2H,1H3. The average Bonchev–Trinajstić information content (AvgIpc) is 3.15. The van der Waals surface area contributed by atoms with Crippen LogP contribution in [0.1, 0.15) is 67.2 Å². The molecule has 0 spiro atoms. The number of ether oxygens (including phenoxy) is 3. The van der Waals surface area contributed by atoms with Crippen LogP contribution in [0, 0.1) is 0 Å². The Hall–Kier alpha value is -2.38. The lowest BCUT2D eigenvalue weighted by molar-refractivity contribution is -0.0426. The van der Waals surface area contributed by atoms with E-state index < -0.39 is 5.79 Å². The summed E-state index contributed by atoms with van der Waals surface area (Å²) in [4.78, 5) is 9.37. The van der Waals surface area contributed by atoms with Crippen LogP contribution in [0.3, 0.4) is 0 Å². The molecule has 2 aromatic carbocycles. The molecule has 0 aliphatic carbocycles. The summed E-state index contributed by atoms with van der Waals surface area (Å²) in [5, 5.41) is 7.00. The van der Waals surface area contributed by atoms with E-state index in [-0.39, 0.29) is 0 Å².